The summed E-state index contributed by atoms with van der Waals surface area (Å²) in [5.41, 5.74) is 3.70. The van der Waals surface area contributed by atoms with Crippen molar-refractivity contribution in [3.63, 3.8) is 0 Å². The number of nitrogens with one attached hydrogen (secondary N) is 1. The number of aryl methyl sites for hydroxylation is 1. The van der Waals surface area contributed by atoms with Gasteiger partial charge >= 0.3 is 6.03 Å². The van der Waals surface area contributed by atoms with Crippen molar-refractivity contribution in [3.8, 4) is 11.3 Å². The number of urea groups is 1. The first-order valence-corrected chi connectivity index (χ1v) is 9.84. The van der Waals surface area contributed by atoms with Crippen LogP contribution in [0.4, 0.5) is 22.1 Å². The van der Waals surface area contributed by atoms with Crippen molar-refractivity contribution in [2.24, 2.45) is 0 Å². The molecule has 1 aliphatic heterocycles. The number of pyridine rings is 3. The molecule has 4 rings (SSSR count). The maximum absolute atomic E-state index is 13.1. The third-order valence-electron chi connectivity index (χ3n) is 4.98. The Bertz CT molecular complexity index is 1010. The van der Waals surface area contributed by atoms with E-state index in [0.717, 1.165) is 42.1 Å². The average molecular weight is 388 g/mol. The van der Waals surface area contributed by atoms with Gasteiger partial charge in [-0.15, -0.1) is 0 Å². The summed E-state index contributed by atoms with van der Waals surface area (Å²) in [6.07, 6.45) is 4.30. The molecule has 0 saturated carbocycles. The molecule has 7 heteroatoms. The van der Waals surface area contributed by atoms with E-state index in [1.165, 1.54) is 0 Å². The third-order valence-corrected chi connectivity index (χ3v) is 4.98. The highest BCUT2D eigenvalue weighted by Gasteiger charge is 2.26. The van der Waals surface area contributed by atoms with Gasteiger partial charge in [-0.2, -0.15) is 0 Å². The zero-order chi connectivity index (χ0) is 20.2. The Kier molecular flexibility index (Phi) is 5.37. The predicted octanol–water partition coefficient (Wildman–Crippen LogP) is 4.12. The molecule has 0 spiro atoms. The van der Waals surface area contributed by atoms with Gasteiger partial charge in [0.25, 0.3) is 0 Å². The summed E-state index contributed by atoms with van der Waals surface area (Å²) in [7, 11) is 0. The highest BCUT2D eigenvalue weighted by Crippen LogP contribution is 2.33. The zero-order valence-electron chi connectivity index (χ0n) is 16.7. The molecule has 0 fully saturated rings. The normalized spacial score (nSPS) is 13.6. The lowest BCUT2D eigenvalue weighted by atomic mass is 10.1. The number of fused-ring (bicyclic) bond motifs is 1. The van der Waals surface area contributed by atoms with Crippen molar-refractivity contribution < 1.29 is 4.79 Å². The summed E-state index contributed by atoms with van der Waals surface area (Å²) < 4.78 is 0. The van der Waals surface area contributed by atoms with Crippen LogP contribution in [0.1, 0.15) is 19.0 Å². The van der Waals surface area contributed by atoms with Crippen LogP contribution in [0.25, 0.3) is 11.3 Å². The van der Waals surface area contributed by atoms with E-state index in [9.17, 15) is 4.79 Å². The molecular weight excluding hydrogens is 364 g/mol. The van der Waals surface area contributed by atoms with Crippen molar-refractivity contribution in [1.29, 1.82) is 0 Å². The Morgan fingerprint density at radius 3 is 2.76 bits per heavy atom. The molecule has 0 aliphatic carbocycles. The van der Waals surface area contributed by atoms with Crippen molar-refractivity contribution >= 4 is 23.4 Å². The third kappa shape index (κ3) is 4.03. The average Bonchev–Trinajstić information content (AvgIpc) is 2.93. The molecule has 1 aliphatic rings. The molecule has 29 heavy (non-hydrogen) atoms. The first-order chi connectivity index (χ1) is 14.2. The number of anilines is 3. The van der Waals surface area contributed by atoms with Crippen LogP contribution < -0.4 is 15.1 Å². The monoisotopic (exact) mass is 388 g/mol. The van der Waals surface area contributed by atoms with E-state index >= 15 is 0 Å². The molecule has 0 saturated heterocycles. The minimum atomic E-state index is -0.224. The van der Waals surface area contributed by atoms with Crippen molar-refractivity contribution in [2.45, 2.75) is 20.3 Å². The van der Waals surface area contributed by atoms with E-state index in [1.807, 2.05) is 37.3 Å². The summed E-state index contributed by atoms with van der Waals surface area (Å²) in [6.45, 7) is 6.41. The Morgan fingerprint density at radius 2 is 2.00 bits per heavy atom. The topological polar surface area (TPSA) is 74.2 Å². The molecule has 2 amide bonds. The van der Waals surface area contributed by atoms with E-state index in [2.05, 4.69) is 33.2 Å². The van der Waals surface area contributed by atoms with Gasteiger partial charge in [0, 0.05) is 43.3 Å². The number of carbonyl (C=O) groups excluding carboxylic acids is 1. The van der Waals surface area contributed by atoms with E-state index < -0.39 is 0 Å². The fraction of sp³-hybridized carbons (Fsp3) is 0.273. The number of rotatable bonds is 3. The van der Waals surface area contributed by atoms with Gasteiger partial charge in [0.05, 0.1) is 11.4 Å². The second-order valence-electron chi connectivity index (χ2n) is 6.96. The highest BCUT2D eigenvalue weighted by atomic mass is 16.2. The lowest BCUT2D eigenvalue weighted by Crippen LogP contribution is -2.36. The van der Waals surface area contributed by atoms with Crippen molar-refractivity contribution in [3.05, 3.63) is 60.6 Å². The lowest BCUT2D eigenvalue weighted by molar-refractivity contribution is 0.256. The first-order valence-electron chi connectivity index (χ1n) is 9.84. The molecule has 7 nitrogen and oxygen atoms in total. The van der Waals surface area contributed by atoms with Crippen LogP contribution in [-0.4, -0.2) is 40.6 Å². The van der Waals surface area contributed by atoms with Gasteiger partial charge in [0.1, 0.15) is 5.82 Å². The van der Waals surface area contributed by atoms with Crippen LogP contribution in [0.5, 0.6) is 0 Å². The molecule has 3 aromatic heterocycles. The SMILES string of the molecule is CCN1CCCN(C(=O)Nc2ccccn2)c2nc(-c3ccnc(C)c3)ccc21. The molecule has 0 bridgehead atoms. The molecule has 3 aromatic rings. The summed E-state index contributed by atoms with van der Waals surface area (Å²) in [5.74, 6) is 1.20. The molecule has 1 N–H and O–H groups in total. The molecule has 0 unspecified atom stereocenters. The van der Waals surface area contributed by atoms with Crippen LogP contribution in [0.2, 0.25) is 0 Å². The van der Waals surface area contributed by atoms with Crippen LogP contribution in [0.15, 0.2) is 54.9 Å². The number of hydrogen-bond acceptors (Lipinski definition) is 5. The second-order valence-corrected chi connectivity index (χ2v) is 6.96. The Labute approximate surface area is 170 Å². The number of nitrogens with zero attached hydrogens (tertiary/aromatic N) is 5. The fourth-order valence-corrected chi connectivity index (χ4v) is 3.54. The maximum Gasteiger partial charge on any atom is 0.328 e. The molecular formula is C22H24N6O. The van der Waals surface area contributed by atoms with Crippen LogP contribution in [0, 0.1) is 6.92 Å². The molecule has 0 aromatic carbocycles. The first kappa shape index (κ1) is 18.9. The van der Waals surface area contributed by atoms with Gasteiger partial charge in [-0.05, 0) is 56.7 Å². The van der Waals surface area contributed by atoms with Crippen LogP contribution in [0.3, 0.4) is 0 Å². The van der Waals surface area contributed by atoms with Crippen molar-refractivity contribution in [2.75, 3.05) is 34.8 Å². The largest absolute Gasteiger partial charge is 0.369 e. The smallest absolute Gasteiger partial charge is 0.328 e. The number of amides is 2. The maximum atomic E-state index is 13.1. The van der Waals surface area contributed by atoms with E-state index in [1.54, 1.807) is 23.4 Å². The minimum absolute atomic E-state index is 0.224. The van der Waals surface area contributed by atoms with Crippen LogP contribution in [-0.2, 0) is 0 Å². The van der Waals surface area contributed by atoms with Crippen LogP contribution >= 0.6 is 0 Å². The summed E-state index contributed by atoms with van der Waals surface area (Å²) >= 11 is 0. The van der Waals surface area contributed by atoms with E-state index in [4.69, 9.17) is 4.98 Å². The van der Waals surface area contributed by atoms with Crippen molar-refractivity contribution in [1.82, 2.24) is 15.0 Å². The minimum Gasteiger partial charge on any atom is -0.369 e. The second kappa shape index (κ2) is 8.26. The fourth-order valence-electron chi connectivity index (χ4n) is 3.54. The van der Waals surface area contributed by atoms with E-state index in [-0.39, 0.29) is 6.03 Å². The molecule has 148 valence electrons. The number of hydrogen-bond donors (Lipinski definition) is 1. The Morgan fingerprint density at radius 1 is 1.10 bits per heavy atom. The quantitative estimate of drug-likeness (QED) is 0.731. The van der Waals surface area contributed by atoms with Gasteiger partial charge in [0.2, 0.25) is 0 Å². The standard InChI is InChI=1S/C22H24N6O/c1-3-27-13-6-14-28(22(29)26-20-7-4-5-11-24-20)21-19(27)9-8-18(25-21)17-10-12-23-16(2)15-17/h4-5,7-12,15H,3,6,13-14H2,1-2H3,(H,24,26,29). The Hall–Kier alpha value is -3.48. The van der Waals surface area contributed by atoms with Gasteiger partial charge in [-0.25, -0.2) is 14.8 Å². The summed E-state index contributed by atoms with van der Waals surface area (Å²) in [4.78, 5) is 30.4. The van der Waals surface area contributed by atoms with E-state index in [0.29, 0.717) is 18.2 Å². The van der Waals surface area contributed by atoms with Gasteiger partial charge < -0.3 is 4.90 Å². The van der Waals surface area contributed by atoms with Gasteiger partial charge in [-0.3, -0.25) is 15.2 Å². The summed E-state index contributed by atoms with van der Waals surface area (Å²) in [6, 6.07) is 13.2. The number of carbonyl (C=O) groups is 1. The molecule has 4 heterocycles. The number of aromatic nitrogens is 3. The van der Waals surface area contributed by atoms with Gasteiger partial charge in [0.15, 0.2) is 5.82 Å². The molecule has 0 radical (unpaired) electrons. The highest BCUT2D eigenvalue weighted by molar-refractivity contribution is 6.03. The van der Waals surface area contributed by atoms with Gasteiger partial charge in [-0.1, -0.05) is 6.07 Å². The summed E-state index contributed by atoms with van der Waals surface area (Å²) in [5, 5.41) is 2.89. The zero-order valence-corrected chi connectivity index (χ0v) is 16.7. The molecule has 0 atom stereocenters. The Balaban J connectivity index is 1.74. The lowest BCUT2D eigenvalue weighted by Gasteiger charge is -2.25. The predicted molar refractivity (Wildman–Crippen MR) is 115 cm³/mol.